The van der Waals surface area contributed by atoms with Crippen LogP contribution in [0.2, 0.25) is 0 Å². The van der Waals surface area contributed by atoms with Gasteiger partial charge in [0, 0.05) is 33.2 Å². The lowest BCUT2D eigenvalue weighted by molar-refractivity contribution is 0.331. The molecule has 0 atom stereocenters. The molecular weight excluding hydrogens is 212 g/mol. The number of imidazole rings is 1. The third-order valence-corrected chi connectivity index (χ3v) is 3.42. The summed E-state index contributed by atoms with van der Waals surface area (Å²) in [5.41, 5.74) is 3.58. The topological polar surface area (TPSA) is 41.9 Å². The van der Waals surface area contributed by atoms with Crippen molar-refractivity contribution in [3.63, 3.8) is 0 Å². The lowest BCUT2D eigenvalue weighted by Gasteiger charge is -2.27. The Kier molecular flexibility index (Phi) is 2.82. The first kappa shape index (κ1) is 10.7. The van der Waals surface area contributed by atoms with Gasteiger partial charge in [-0.2, -0.15) is 0 Å². The van der Waals surface area contributed by atoms with E-state index in [9.17, 15) is 0 Å². The Morgan fingerprint density at radius 3 is 3.12 bits per heavy atom. The molecule has 2 N–H and O–H groups in total. The molecule has 1 fully saturated rings. The Balaban J connectivity index is 1.64. The number of nitrogens with zero attached hydrogens (tertiary/aromatic N) is 2. The van der Waals surface area contributed by atoms with Gasteiger partial charge in [-0.25, -0.2) is 4.98 Å². The van der Waals surface area contributed by atoms with Crippen molar-refractivity contribution in [1.82, 2.24) is 20.2 Å². The van der Waals surface area contributed by atoms with E-state index in [4.69, 9.17) is 0 Å². The van der Waals surface area contributed by atoms with Gasteiger partial charge in [-0.3, -0.25) is 0 Å². The Morgan fingerprint density at radius 1 is 1.47 bits per heavy atom. The molecule has 1 aliphatic rings. The van der Waals surface area contributed by atoms with Gasteiger partial charge >= 0.3 is 0 Å². The number of hydrogen-bond acceptors (Lipinski definition) is 3. The minimum absolute atomic E-state index is 0.814. The zero-order valence-electron chi connectivity index (χ0n) is 10.1. The maximum absolute atomic E-state index is 4.37. The molecule has 17 heavy (non-hydrogen) atoms. The van der Waals surface area contributed by atoms with E-state index >= 15 is 0 Å². The predicted molar refractivity (Wildman–Crippen MR) is 68.8 cm³/mol. The predicted octanol–water partition coefficient (Wildman–Crippen LogP) is 0.882. The van der Waals surface area contributed by atoms with E-state index in [0.29, 0.717) is 0 Å². The highest BCUT2D eigenvalue weighted by Gasteiger charge is 2.15. The van der Waals surface area contributed by atoms with Gasteiger partial charge in [0.25, 0.3) is 0 Å². The van der Waals surface area contributed by atoms with Crippen LogP contribution in [0.5, 0.6) is 0 Å². The molecule has 90 valence electrons. The van der Waals surface area contributed by atoms with Crippen LogP contribution in [-0.2, 0) is 13.6 Å². The molecule has 0 saturated carbocycles. The molecule has 4 heteroatoms. The fourth-order valence-electron chi connectivity index (χ4n) is 2.21. The number of aromatic nitrogens is 2. The Hall–Kier alpha value is -1.39. The number of aryl methyl sites for hydroxylation is 1. The van der Waals surface area contributed by atoms with Gasteiger partial charge in [-0.15, -0.1) is 0 Å². The van der Waals surface area contributed by atoms with Gasteiger partial charge in [-0.05, 0) is 23.6 Å². The van der Waals surface area contributed by atoms with E-state index in [1.807, 2.05) is 17.9 Å². The molecule has 2 heterocycles. The van der Waals surface area contributed by atoms with Crippen LogP contribution in [-0.4, -0.2) is 29.2 Å². The van der Waals surface area contributed by atoms with Crippen molar-refractivity contribution in [2.24, 2.45) is 13.0 Å². The molecule has 4 nitrogen and oxygen atoms in total. The Labute approximate surface area is 101 Å². The molecule has 1 aliphatic heterocycles. The van der Waals surface area contributed by atoms with Crippen molar-refractivity contribution >= 4 is 11.0 Å². The van der Waals surface area contributed by atoms with Crippen LogP contribution in [0.25, 0.3) is 11.0 Å². The number of rotatable bonds is 4. The first-order valence-electron chi connectivity index (χ1n) is 6.14. The van der Waals surface area contributed by atoms with Crippen molar-refractivity contribution in [1.29, 1.82) is 0 Å². The standard InChI is InChI=1S/C13H18N4/c1-17-9-16-12-4-10(2-3-13(12)17)5-14-6-11-7-15-8-11/h2-4,9,11,14-15H,5-8H2,1H3. The van der Waals surface area contributed by atoms with E-state index in [2.05, 4.69) is 33.8 Å². The van der Waals surface area contributed by atoms with Crippen molar-refractivity contribution in [2.75, 3.05) is 19.6 Å². The van der Waals surface area contributed by atoms with E-state index < -0.39 is 0 Å². The summed E-state index contributed by atoms with van der Waals surface area (Å²) in [6.07, 6.45) is 1.86. The lowest BCUT2D eigenvalue weighted by Crippen LogP contribution is -2.47. The Morgan fingerprint density at radius 2 is 2.35 bits per heavy atom. The second kappa shape index (κ2) is 4.47. The van der Waals surface area contributed by atoms with Crippen molar-refractivity contribution < 1.29 is 0 Å². The van der Waals surface area contributed by atoms with E-state index in [-0.39, 0.29) is 0 Å². The van der Waals surface area contributed by atoms with Gasteiger partial charge in [0.1, 0.15) is 0 Å². The normalized spacial score (nSPS) is 16.3. The van der Waals surface area contributed by atoms with Crippen LogP contribution in [0.1, 0.15) is 5.56 Å². The van der Waals surface area contributed by atoms with Gasteiger partial charge < -0.3 is 15.2 Å². The summed E-state index contributed by atoms with van der Waals surface area (Å²) in [5.74, 6) is 0.814. The van der Waals surface area contributed by atoms with Crippen LogP contribution in [0.15, 0.2) is 24.5 Å². The summed E-state index contributed by atoms with van der Waals surface area (Å²) in [6, 6.07) is 6.49. The molecule has 2 aromatic rings. The minimum Gasteiger partial charge on any atom is -0.334 e. The summed E-state index contributed by atoms with van der Waals surface area (Å²) in [5, 5.41) is 6.78. The van der Waals surface area contributed by atoms with E-state index in [1.54, 1.807) is 0 Å². The first-order chi connectivity index (χ1) is 8.33. The van der Waals surface area contributed by atoms with Crippen LogP contribution in [0.4, 0.5) is 0 Å². The molecule has 0 unspecified atom stereocenters. The summed E-state index contributed by atoms with van der Waals surface area (Å²) in [4.78, 5) is 4.37. The zero-order chi connectivity index (χ0) is 11.7. The second-order valence-corrected chi connectivity index (χ2v) is 4.83. The average Bonchev–Trinajstić information content (AvgIpc) is 2.64. The molecule has 3 rings (SSSR count). The molecule has 1 aromatic heterocycles. The number of benzene rings is 1. The largest absolute Gasteiger partial charge is 0.334 e. The molecule has 0 bridgehead atoms. The lowest BCUT2D eigenvalue weighted by atomic mass is 10.0. The molecule has 1 aromatic carbocycles. The summed E-state index contributed by atoms with van der Waals surface area (Å²) in [7, 11) is 2.02. The third kappa shape index (κ3) is 2.18. The number of nitrogens with one attached hydrogen (secondary N) is 2. The third-order valence-electron chi connectivity index (χ3n) is 3.42. The fraction of sp³-hybridized carbons (Fsp3) is 0.462. The van der Waals surface area contributed by atoms with Crippen LogP contribution in [0.3, 0.4) is 0 Å². The fourth-order valence-corrected chi connectivity index (χ4v) is 2.21. The zero-order valence-corrected chi connectivity index (χ0v) is 10.1. The van der Waals surface area contributed by atoms with E-state index in [1.165, 1.54) is 11.1 Å². The molecule has 0 amide bonds. The highest BCUT2D eigenvalue weighted by molar-refractivity contribution is 5.75. The highest BCUT2D eigenvalue weighted by atomic mass is 15.0. The van der Waals surface area contributed by atoms with Crippen LogP contribution < -0.4 is 10.6 Å². The molecule has 0 radical (unpaired) electrons. The monoisotopic (exact) mass is 230 g/mol. The van der Waals surface area contributed by atoms with Crippen LogP contribution >= 0.6 is 0 Å². The summed E-state index contributed by atoms with van der Waals surface area (Å²) in [6.45, 7) is 4.36. The smallest absolute Gasteiger partial charge is 0.0955 e. The Bertz CT molecular complexity index is 513. The van der Waals surface area contributed by atoms with Crippen molar-refractivity contribution in [3.05, 3.63) is 30.1 Å². The summed E-state index contributed by atoms with van der Waals surface area (Å²) >= 11 is 0. The maximum Gasteiger partial charge on any atom is 0.0955 e. The molecule has 0 spiro atoms. The van der Waals surface area contributed by atoms with Gasteiger partial charge in [0.05, 0.1) is 17.4 Å². The quantitative estimate of drug-likeness (QED) is 0.819. The molecule has 1 saturated heterocycles. The van der Waals surface area contributed by atoms with Gasteiger partial charge in [0.2, 0.25) is 0 Å². The van der Waals surface area contributed by atoms with Gasteiger partial charge in [0.15, 0.2) is 0 Å². The second-order valence-electron chi connectivity index (χ2n) is 4.83. The van der Waals surface area contributed by atoms with Crippen molar-refractivity contribution in [3.8, 4) is 0 Å². The minimum atomic E-state index is 0.814. The number of hydrogen-bond donors (Lipinski definition) is 2. The SMILES string of the molecule is Cn1cnc2cc(CNCC3CNC3)ccc21. The van der Waals surface area contributed by atoms with Crippen molar-refractivity contribution in [2.45, 2.75) is 6.54 Å². The highest BCUT2D eigenvalue weighted by Crippen LogP contribution is 2.13. The average molecular weight is 230 g/mol. The van der Waals surface area contributed by atoms with E-state index in [0.717, 1.165) is 37.6 Å². The van der Waals surface area contributed by atoms with Gasteiger partial charge in [-0.1, -0.05) is 6.07 Å². The summed E-state index contributed by atoms with van der Waals surface area (Å²) < 4.78 is 2.05. The molecular formula is C13H18N4. The van der Waals surface area contributed by atoms with Crippen LogP contribution in [0, 0.1) is 5.92 Å². The number of fused-ring (bicyclic) bond motifs is 1. The maximum atomic E-state index is 4.37. The molecule has 0 aliphatic carbocycles. The first-order valence-corrected chi connectivity index (χ1v) is 6.14.